The number of hydrogen-bond acceptors (Lipinski definition) is 14. The van der Waals surface area contributed by atoms with Gasteiger partial charge in [-0.15, -0.1) is 0 Å². The van der Waals surface area contributed by atoms with Crippen molar-refractivity contribution in [1.29, 1.82) is 0 Å². The number of cyclic esters (lactones) is 1. The van der Waals surface area contributed by atoms with Crippen LogP contribution in [-0.4, -0.2) is 138 Å². The number of nitrogens with zero attached hydrogens (tertiary/aromatic N) is 5. The zero-order valence-corrected chi connectivity index (χ0v) is 47.6. The second-order valence-corrected chi connectivity index (χ2v) is 24.7. The Morgan fingerprint density at radius 3 is 2.44 bits per heavy atom. The van der Waals surface area contributed by atoms with Gasteiger partial charge in [0.1, 0.15) is 23.9 Å². The number of nitrogens with two attached hydrogens (primary N) is 1. The van der Waals surface area contributed by atoms with Crippen molar-refractivity contribution in [3.05, 3.63) is 113 Å². The van der Waals surface area contributed by atoms with E-state index in [4.69, 9.17) is 24.6 Å². The van der Waals surface area contributed by atoms with Gasteiger partial charge >= 0.3 is 5.97 Å². The van der Waals surface area contributed by atoms with E-state index in [2.05, 4.69) is 46.2 Å². The lowest BCUT2D eigenvalue weighted by Crippen LogP contribution is -2.62. The van der Waals surface area contributed by atoms with E-state index in [1.54, 1.807) is 55.8 Å². The van der Waals surface area contributed by atoms with E-state index in [1.165, 1.54) is 23.2 Å². The predicted octanol–water partition coefficient (Wildman–Crippen LogP) is 7.17. The van der Waals surface area contributed by atoms with Crippen LogP contribution in [0.4, 0.5) is 5.69 Å². The molecule has 6 heterocycles. The highest BCUT2D eigenvalue weighted by Crippen LogP contribution is 2.43. The largest absolute Gasteiger partial charge is 0.508 e. The predicted molar refractivity (Wildman–Crippen MR) is 307 cm³/mol. The number of methoxy groups -OCH3 is 1. The number of carbonyl (C=O) groups is 4. The molecule has 2 fully saturated rings. The molecule has 0 aliphatic carbocycles. The number of ether oxygens (including phenoxy) is 2. The normalized spacial score (nSPS) is 19.3. The minimum Gasteiger partial charge on any atom is -0.508 e. The maximum absolute atomic E-state index is 14.9. The molecule has 9 rings (SSSR count). The minimum atomic E-state index is -3.04. The second-order valence-electron chi connectivity index (χ2n) is 22.4. The summed E-state index contributed by atoms with van der Waals surface area (Å²) in [4.78, 5) is 66.6. The Bertz CT molecular complexity index is 3490. The lowest BCUT2D eigenvalue weighted by Gasteiger charge is -2.36. The van der Waals surface area contributed by atoms with Gasteiger partial charge in [0, 0.05) is 91.6 Å². The smallest absolute Gasteiger partial charge is 0.324 e. The number of pyridine rings is 1. The third-order valence-corrected chi connectivity index (χ3v) is 17.1. The van der Waals surface area contributed by atoms with Crippen LogP contribution in [0.1, 0.15) is 93.4 Å². The molecule has 4 atom stereocenters. The number of phenolic OH excluding ortho intramolecular Hbond substituents is 1. The molecule has 3 aromatic heterocycles. The van der Waals surface area contributed by atoms with Gasteiger partial charge < -0.3 is 39.5 Å². The van der Waals surface area contributed by atoms with Gasteiger partial charge in [0.25, 0.3) is 11.8 Å². The third-order valence-electron chi connectivity index (χ3n) is 15.5. The lowest BCUT2D eigenvalue weighted by atomic mass is 9.84. The third kappa shape index (κ3) is 12.4. The first-order chi connectivity index (χ1) is 38.1. The lowest BCUT2D eigenvalue weighted by molar-refractivity contribution is -0.155. The monoisotopic (exact) mass is 1110 g/mol. The van der Waals surface area contributed by atoms with E-state index < -0.39 is 69.1 Å². The molecule has 3 amide bonds. The highest BCUT2D eigenvalue weighted by atomic mass is 32.2. The van der Waals surface area contributed by atoms with Crippen LogP contribution >= 0.6 is 0 Å². The summed E-state index contributed by atoms with van der Waals surface area (Å²) in [7, 11) is 0.132. The van der Waals surface area contributed by atoms with Gasteiger partial charge in [-0.25, -0.2) is 13.8 Å². The molecule has 0 saturated carbocycles. The Balaban J connectivity index is 1.11. The first-order valence-corrected chi connectivity index (χ1v) is 29.1. The molecule has 0 spiro atoms. The number of carbonyl (C=O) groups excluding carboxylic acids is 4. The molecule has 19 heteroatoms. The van der Waals surface area contributed by atoms with Crippen molar-refractivity contribution in [1.82, 2.24) is 35.1 Å². The fourth-order valence-corrected chi connectivity index (χ4v) is 12.5. The summed E-state index contributed by atoms with van der Waals surface area (Å²) in [6.45, 7) is 13.9. The van der Waals surface area contributed by atoms with Crippen molar-refractivity contribution in [3.8, 4) is 51.1 Å². The number of aromatic nitrogens is 2. The van der Waals surface area contributed by atoms with Gasteiger partial charge in [-0.2, -0.15) is 0 Å². The number of nitrogen functional groups attached to an aromatic ring is 1. The van der Waals surface area contributed by atoms with E-state index in [0.717, 1.165) is 33.3 Å². The Morgan fingerprint density at radius 1 is 0.988 bits per heavy atom. The van der Waals surface area contributed by atoms with E-state index in [9.17, 15) is 32.7 Å². The number of fused-ring (bicyclic) bond motifs is 6. The summed E-state index contributed by atoms with van der Waals surface area (Å²) in [6, 6.07) is 18.9. The van der Waals surface area contributed by atoms with E-state index in [1.807, 2.05) is 57.7 Å². The van der Waals surface area contributed by atoms with E-state index in [-0.39, 0.29) is 42.6 Å². The van der Waals surface area contributed by atoms with Gasteiger partial charge in [0.15, 0.2) is 15.6 Å². The average Bonchev–Trinajstić information content (AvgIpc) is 4.14. The van der Waals surface area contributed by atoms with Crippen molar-refractivity contribution in [2.75, 3.05) is 64.2 Å². The van der Waals surface area contributed by atoms with Gasteiger partial charge in [0.05, 0.1) is 48.4 Å². The number of phenols is 1. The molecule has 80 heavy (non-hydrogen) atoms. The topological polar surface area (TPSA) is 232 Å². The number of aromatic hydroxyl groups is 1. The van der Waals surface area contributed by atoms with Gasteiger partial charge in [-0.1, -0.05) is 63.8 Å². The maximum atomic E-state index is 14.9. The molecular weight excluding hydrogens is 1040 g/mol. The number of aryl methyl sites for hydroxylation is 1. The van der Waals surface area contributed by atoms with Crippen LogP contribution in [-0.2, 0) is 53.1 Å². The number of hydrogen-bond donors (Lipinski definition) is 4. The average molecular weight is 1110 g/mol. The van der Waals surface area contributed by atoms with Gasteiger partial charge in [-0.05, 0) is 115 Å². The van der Waals surface area contributed by atoms with Crippen LogP contribution in [0.3, 0.4) is 0 Å². The highest BCUT2D eigenvalue weighted by molar-refractivity contribution is 7.91. The maximum Gasteiger partial charge on any atom is 0.324 e. The Labute approximate surface area is 467 Å². The zero-order valence-electron chi connectivity index (χ0n) is 46.8. The Kier molecular flexibility index (Phi) is 16.9. The molecule has 4 unspecified atom stereocenters. The standard InChI is InChI=1S/C61H72N8O10S/c1-9-68-52-19-16-42-33-47(52)49(55(68)48-30-39(35-63-53(48)38(4)77-8)12-10-21-67-23-26-80(75,76)27-24-67)34-61(5,6)36-79-60(74)50-13-11-22-69(65-50)58(72)51(31-40-28-43(42)32-45(70)29-40)64-57(71)54(37(2)3)66(7)59(73)56-46(20-25-78-56)41-14-17-44(62)18-15-41/h14-20,25,28-30,32-33,35,37-38,50-51,54,65,70H,9,11,13,21-24,26-27,31,34,36,62H2,1-8H3,(H,64,71). The molecule has 6 bridgehead atoms. The molecule has 5 N–H and O–H groups in total. The summed E-state index contributed by atoms with van der Waals surface area (Å²) in [5, 5.41) is 16.8. The van der Waals surface area contributed by atoms with Crippen LogP contribution in [0.15, 0.2) is 89.7 Å². The first kappa shape index (κ1) is 57.2. The molecule has 18 nitrogen and oxygen atoms in total. The summed E-state index contributed by atoms with van der Waals surface area (Å²) in [5.74, 6) is 4.18. The molecular formula is C61H72N8O10S. The minimum absolute atomic E-state index is 0.0347. The number of esters is 1. The molecule has 422 valence electrons. The number of likely N-dealkylation sites (N-methyl/N-ethyl adjacent to an activating group) is 1. The number of benzene rings is 3. The molecule has 3 aromatic carbocycles. The van der Waals surface area contributed by atoms with Crippen molar-refractivity contribution in [3.63, 3.8) is 0 Å². The summed E-state index contributed by atoms with van der Waals surface area (Å²) >= 11 is 0. The summed E-state index contributed by atoms with van der Waals surface area (Å²) < 4.78 is 44.3. The number of furan rings is 1. The van der Waals surface area contributed by atoms with E-state index in [0.29, 0.717) is 84.6 Å². The SMILES string of the molecule is CCn1c(-c2cc(C#CCN3CCS(=O)(=O)CC3)cnc2C(C)OC)c2c3cc(ccc31)-c1cc(O)cc(c1)CC(NC(=O)C(C(C)C)N(C)C(=O)c1occc1-c1ccc(N)cc1)C(=O)N1CCCC(N1)C(=O)OCC(C)(C)C2. The summed E-state index contributed by atoms with van der Waals surface area (Å²) in [5.41, 5.74) is 17.2. The number of sulfone groups is 1. The van der Waals surface area contributed by atoms with Crippen molar-refractivity contribution in [2.24, 2.45) is 11.3 Å². The second kappa shape index (κ2) is 23.7. The molecule has 3 aliphatic heterocycles. The zero-order chi connectivity index (χ0) is 57.2. The number of nitrogens with one attached hydrogen (secondary N) is 2. The van der Waals surface area contributed by atoms with Crippen LogP contribution in [0.5, 0.6) is 5.75 Å². The van der Waals surface area contributed by atoms with Crippen LogP contribution in [0, 0.1) is 23.2 Å². The molecule has 3 aliphatic rings. The van der Waals surface area contributed by atoms with Crippen LogP contribution < -0.4 is 16.5 Å². The van der Waals surface area contributed by atoms with Crippen LogP contribution in [0.25, 0.3) is 44.4 Å². The molecule has 6 aromatic rings. The van der Waals surface area contributed by atoms with Gasteiger partial charge in [-0.3, -0.25) is 34.1 Å². The Morgan fingerprint density at radius 2 is 1.73 bits per heavy atom. The fraction of sp³-hybridized carbons (Fsp3) is 0.426. The molecule has 2 saturated heterocycles. The van der Waals surface area contributed by atoms with Crippen molar-refractivity contribution in [2.45, 2.75) is 98.0 Å². The van der Waals surface area contributed by atoms with E-state index >= 15 is 0 Å². The van der Waals surface area contributed by atoms with Crippen molar-refractivity contribution >= 4 is 50.1 Å². The highest BCUT2D eigenvalue weighted by Gasteiger charge is 2.39. The summed E-state index contributed by atoms with van der Waals surface area (Å²) in [6.07, 6.45) is 4.00. The van der Waals surface area contributed by atoms with Gasteiger partial charge in [0.2, 0.25) is 5.91 Å². The Hall–Kier alpha value is -7.50. The van der Waals surface area contributed by atoms with Crippen molar-refractivity contribution < 1.29 is 46.6 Å². The number of anilines is 1. The molecule has 0 radical (unpaired) electrons. The number of hydrazine groups is 1. The number of amides is 3. The quantitative estimate of drug-likeness (QED) is 0.0573. The van der Waals surface area contributed by atoms with Crippen LogP contribution in [0.2, 0.25) is 0 Å². The first-order valence-electron chi connectivity index (χ1n) is 27.3. The number of rotatable bonds is 11. The fourth-order valence-electron chi connectivity index (χ4n) is 11.2.